The van der Waals surface area contributed by atoms with Gasteiger partial charge in [-0.15, -0.1) is 5.10 Å². The second-order valence-electron chi connectivity index (χ2n) is 32.3. The molecule has 2 aliphatic rings. The summed E-state index contributed by atoms with van der Waals surface area (Å²) < 4.78 is 38.4. The maximum Gasteiger partial charge on any atom is 0.245 e. The fourth-order valence-corrected chi connectivity index (χ4v) is 16.1. The van der Waals surface area contributed by atoms with Gasteiger partial charge in [-0.25, -0.2) is 18.5 Å². The number of unbranched alkanes of at least 4 members (excludes halogenated alkanes) is 13. The summed E-state index contributed by atoms with van der Waals surface area (Å²) in [4.78, 5) is 194. The van der Waals surface area contributed by atoms with Crippen LogP contribution < -0.4 is 75.1 Å². The van der Waals surface area contributed by atoms with Gasteiger partial charge in [0.2, 0.25) is 80.9 Å². The van der Waals surface area contributed by atoms with Crippen LogP contribution in [-0.2, 0) is 108 Å². The molecule has 41 nitrogen and oxygen atoms in total. The number of Topliss-reactive ketones (excluding diaryl/α,β-unsaturated/α-hetero) is 1. The number of nitrogens with two attached hydrogens (primary N) is 3. The fourth-order valence-electron chi connectivity index (χ4n) is 15.0. The highest BCUT2D eigenvalue weighted by Gasteiger charge is 2.44. The van der Waals surface area contributed by atoms with Gasteiger partial charge in [0.15, 0.2) is 11.7 Å². The first-order valence-corrected chi connectivity index (χ1v) is 46.1. The zero-order valence-electron chi connectivity index (χ0n) is 72.7. The summed E-state index contributed by atoms with van der Waals surface area (Å²) >= 11 is 0. The minimum atomic E-state index is -3.94. The van der Waals surface area contributed by atoms with Crippen molar-refractivity contribution in [3.63, 3.8) is 0 Å². The third-order valence-corrected chi connectivity index (χ3v) is 23.4. The number of para-hydroxylation sites is 1. The number of nitrogens with zero attached hydrogens (tertiary/aromatic N) is 5. The molecule has 22 N–H and O–H groups in total. The van der Waals surface area contributed by atoms with Crippen LogP contribution in [0.2, 0.25) is 0 Å². The molecule has 2 fully saturated rings. The Balaban J connectivity index is 0.913. The second-order valence-corrected chi connectivity index (χ2v) is 34.2. The SMILES string of the molecule is CCCC[C@H](NC(=O)[C@H](CN)NC(=O)[C@@H](CC(=O)COCCOCCNC(=O)CCCS(=O)(=O)NC(=O)CCCCCCCCCCCCCCCc1nnn[nH]1)Cc1c[nH]cn1)C(=O)N[C@H]1CCC(=O)NCCCC[C@@H](C(N)=O)NC(=O)[C@H](Cc2c[nH]c3ccccc23)NC(=O)[C@H](CCCNC(=N)N)NC(=O)[C@@H](Cc2ccccc2)NC(=O)[C@@H]2C[C@@H](O)CN2C1=O. The highest BCUT2D eigenvalue weighted by Crippen LogP contribution is 2.24. The molecule has 2 aromatic carbocycles. The summed E-state index contributed by atoms with van der Waals surface area (Å²) in [6.45, 7) is 0.583. The monoisotopic (exact) mass is 1790 g/mol. The van der Waals surface area contributed by atoms with Crippen LogP contribution in [-0.4, -0.2) is 256 Å². The minimum absolute atomic E-state index is 0.00652. The van der Waals surface area contributed by atoms with Gasteiger partial charge in [-0.05, 0) is 91.8 Å². The maximum absolute atomic E-state index is 15.3. The molecular formula is C85H131N23O18S. The summed E-state index contributed by atoms with van der Waals surface area (Å²) in [5.74, 6) is -11.1. The van der Waals surface area contributed by atoms with E-state index in [0.717, 1.165) is 66.6 Å². The second kappa shape index (κ2) is 56.7. The number of H-pyrrole nitrogens is 3. The average molecular weight is 1800 g/mol. The summed E-state index contributed by atoms with van der Waals surface area (Å²) in [7, 11) is -3.94. The molecule has 127 heavy (non-hydrogen) atoms. The Hall–Kier alpha value is -11.4. The van der Waals surface area contributed by atoms with E-state index in [9.17, 15) is 71.1 Å². The highest BCUT2D eigenvalue weighted by atomic mass is 32.2. The van der Waals surface area contributed by atoms with E-state index in [1.54, 1.807) is 42.6 Å². The molecule has 42 heteroatoms. The number of guanidine groups is 1. The first-order chi connectivity index (χ1) is 61.2. The summed E-state index contributed by atoms with van der Waals surface area (Å²) in [6, 6.07) is 4.09. The van der Waals surface area contributed by atoms with Gasteiger partial charge in [-0.3, -0.25) is 72.5 Å². The van der Waals surface area contributed by atoms with E-state index in [2.05, 4.69) is 93.5 Å². The zero-order valence-corrected chi connectivity index (χ0v) is 73.5. The number of carbonyl (C=O) groups excluding carboxylic acids is 13. The quantitative estimate of drug-likeness (QED) is 0.0142. The minimum Gasteiger partial charge on any atom is -0.391 e. The molecule has 5 heterocycles. The Bertz CT molecular complexity index is 4410. The van der Waals surface area contributed by atoms with Gasteiger partial charge in [-0.1, -0.05) is 139 Å². The van der Waals surface area contributed by atoms with Crippen molar-refractivity contribution in [3.8, 4) is 0 Å². The standard InChI is InChI=1S/C85H131N23O18S/c1-2-3-29-65(98-82(120)70(50-86)102-77(115)57(46-59-52-90-55-95-59)47-61(110)54-126-43-42-125-41-40-92-73(111)35-25-44-127(123,124)105-75(113)34-19-14-12-10-8-6-4-5-7-9-11-13-18-33-72-103-106-107-104-72)78(116)99-67-36-37-74(112)91-38-23-22-31-64(76(87)114)96-81(119)69(48-58-51-94-63-30-21-20-28-62(58)63)100-79(117)66(32-24-39-93-85(88)89)97-80(118)68(45-56-26-16-15-17-27-56)101-83(121)71-49-60(109)53-108(71)84(67)122/h15-17,20-21,26-28,30,51-52,55,57,60,64-71,94,109H,2-14,18-19,22-25,29,31-50,53-54,86H2,1H3,(H2,87,114)(H,90,95)(H,91,112)(H,92,111)(H,96,119)(H,97,118)(H,98,120)(H,99,116)(H,100,117)(H,101,121)(H,102,115)(H,105,113)(H4,88,89,93)(H,103,104,106,107)/t57-,60-,64+,65+,66+,67+,68-,69+,70+,71+/m1/s1. The smallest absolute Gasteiger partial charge is 0.245 e. The number of imidazole rings is 1. The lowest BCUT2D eigenvalue weighted by Crippen LogP contribution is -2.61. The number of benzene rings is 2. The number of tetrazole rings is 1. The number of hydrogen-bond acceptors (Lipinski definition) is 24. The topological polar surface area (TPSA) is 631 Å². The van der Waals surface area contributed by atoms with Crippen LogP contribution in [0.3, 0.4) is 0 Å². The molecule has 7 rings (SSSR count). The van der Waals surface area contributed by atoms with Gasteiger partial charge in [0.05, 0.1) is 49.6 Å². The number of aryl methyl sites for hydroxylation is 1. The number of sulfonamides is 1. The van der Waals surface area contributed by atoms with Crippen LogP contribution in [0.4, 0.5) is 0 Å². The molecule has 0 aliphatic carbocycles. The summed E-state index contributed by atoms with van der Waals surface area (Å²) in [5, 5.41) is 60.7. The largest absolute Gasteiger partial charge is 0.391 e. The highest BCUT2D eigenvalue weighted by molar-refractivity contribution is 7.90. The van der Waals surface area contributed by atoms with Gasteiger partial charge in [0.25, 0.3) is 0 Å². The van der Waals surface area contributed by atoms with Crippen LogP contribution in [0.15, 0.2) is 73.3 Å². The molecule has 3 aromatic heterocycles. The number of nitrogens with one attached hydrogen (secondary N) is 15. The van der Waals surface area contributed by atoms with Crippen LogP contribution in [0.1, 0.15) is 209 Å². The first kappa shape index (κ1) is 103. The molecule has 2 aliphatic heterocycles. The van der Waals surface area contributed by atoms with Gasteiger partial charge in [-0.2, -0.15) is 0 Å². The molecule has 0 spiro atoms. The number of aromatic amines is 3. The van der Waals surface area contributed by atoms with E-state index in [-0.39, 0.29) is 135 Å². The Morgan fingerprint density at radius 2 is 1.35 bits per heavy atom. The molecule has 2 saturated heterocycles. The number of primary amides is 1. The van der Waals surface area contributed by atoms with Crippen molar-refractivity contribution >= 4 is 104 Å². The van der Waals surface area contributed by atoms with E-state index in [0.29, 0.717) is 36.1 Å². The molecule has 10 atom stereocenters. The molecule has 12 amide bonds. The first-order valence-electron chi connectivity index (χ1n) is 44.4. The van der Waals surface area contributed by atoms with E-state index in [4.69, 9.17) is 32.1 Å². The third kappa shape index (κ3) is 38.8. The molecule has 0 saturated carbocycles. The number of hydrogen-bond donors (Lipinski definition) is 19. The Labute approximate surface area is 740 Å². The third-order valence-electron chi connectivity index (χ3n) is 22.0. The van der Waals surface area contributed by atoms with Crippen LogP contribution in [0.25, 0.3) is 10.9 Å². The average Bonchev–Trinajstić information content (AvgIpc) is 1.68. The Morgan fingerprint density at radius 3 is 2.04 bits per heavy atom. The van der Waals surface area contributed by atoms with Crippen LogP contribution >= 0.6 is 0 Å². The number of fused-ring (bicyclic) bond motifs is 2. The molecule has 0 unspecified atom stereocenters. The van der Waals surface area contributed by atoms with Gasteiger partial charge >= 0.3 is 0 Å². The zero-order chi connectivity index (χ0) is 91.7. The summed E-state index contributed by atoms with van der Waals surface area (Å²) in [5.41, 5.74) is 19.9. The van der Waals surface area contributed by atoms with E-state index >= 15 is 4.79 Å². The van der Waals surface area contributed by atoms with Crippen molar-refractivity contribution in [1.29, 1.82) is 5.41 Å². The lowest BCUT2D eigenvalue weighted by Gasteiger charge is -2.31. The number of aromatic nitrogens is 7. The van der Waals surface area contributed by atoms with Gasteiger partial charge in [0, 0.05) is 114 Å². The fraction of sp³-hybridized carbons (Fsp3) is 0.624. The predicted octanol–water partition coefficient (Wildman–Crippen LogP) is 0.420. The number of rotatable bonds is 52. The number of ketones is 1. The van der Waals surface area contributed by atoms with Crippen LogP contribution in [0.5, 0.6) is 0 Å². The number of amides is 12. The van der Waals surface area contributed by atoms with E-state index < -0.39 is 185 Å². The number of aliphatic hydroxyl groups excluding tert-OH is 1. The van der Waals surface area contributed by atoms with Crippen LogP contribution in [0, 0.1) is 11.3 Å². The molecule has 700 valence electrons. The molecule has 5 aromatic rings. The molecule has 0 bridgehead atoms. The maximum atomic E-state index is 15.3. The van der Waals surface area contributed by atoms with Gasteiger partial charge < -0.3 is 99.8 Å². The Morgan fingerprint density at radius 1 is 0.685 bits per heavy atom. The normalized spacial score (nSPS) is 19.0. The molecular weight excluding hydrogens is 1660 g/mol. The van der Waals surface area contributed by atoms with Crippen molar-refractivity contribution in [2.24, 2.45) is 23.1 Å². The van der Waals surface area contributed by atoms with E-state index in [1.165, 1.54) is 51.0 Å². The summed E-state index contributed by atoms with van der Waals surface area (Å²) in [6.07, 6.45) is 17.5. The van der Waals surface area contributed by atoms with Crippen molar-refractivity contribution in [2.75, 3.05) is 64.9 Å². The number of ether oxygens (including phenoxy) is 2. The lowest BCUT2D eigenvalue weighted by molar-refractivity contribution is -0.143. The van der Waals surface area contributed by atoms with Gasteiger partial charge in [0.1, 0.15) is 60.8 Å². The van der Waals surface area contributed by atoms with Crippen molar-refractivity contribution in [1.82, 2.24) is 98.4 Å². The molecule has 0 radical (unpaired) electrons. The lowest BCUT2D eigenvalue weighted by atomic mass is 9.95. The Kier molecular flexibility index (Phi) is 45.8. The van der Waals surface area contributed by atoms with Crippen molar-refractivity contribution in [3.05, 3.63) is 96.0 Å². The van der Waals surface area contributed by atoms with E-state index in [1.807, 2.05) is 25.1 Å². The predicted molar refractivity (Wildman–Crippen MR) is 469 cm³/mol. The number of aliphatic hydroxyl groups is 1. The number of carbonyl (C=O) groups is 13. The van der Waals surface area contributed by atoms with Crippen molar-refractivity contribution < 1.29 is 85.3 Å². The van der Waals surface area contributed by atoms with Crippen molar-refractivity contribution in [2.45, 2.75) is 267 Å².